The number of aromatic nitrogens is 2. The summed E-state index contributed by atoms with van der Waals surface area (Å²) in [7, 11) is 1.77. The van der Waals surface area contributed by atoms with Crippen LogP contribution in [0.4, 0.5) is 0 Å². The van der Waals surface area contributed by atoms with E-state index in [0.29, 0.717) is 18.7 Å². The molecule has 1 fully saturated rings. The molecule has 6 heteroatoms. The lowest BCUT2D eigenvalue weighted by molar-refractivity contribution is 0.0672. The quantitative estimate of drug-likeness (QED) is 0.834. The summed E-state index contributed by atoms with van der Waals surface area (Å²) in [6.45, 7) is 2.13. The minimum Gasteiger partial charge on any atom is -0.378 e. The maximum absolute atomic E-state index is 12.0. The van der Waals surface area contributed by atoms with Gasteiger partial charge in [0.25, 0.3) is 0 Å². The van der Waals surface area contributed by atoms with Crippen molar-refractivity contribution in [2.75, 3.05) is 19.8 Å². The molecule has 0 bridgehead atoms. The Kier molecular flexibility index (Phi) is 3.73. The van der Waals surface area contributed by atoms with Gasteiger partial charge in [0, 0.05) is 26.1 Å². The highest BCUT2D eigenvalue weighted by molar-refractivity contribution is 9.10. The van der Waals surface area contributed by atoms with Gasteiger partial charge in [-0.3, -0.25) is 9.48 Å². The smallest absolute Gasteiger partial charge is 0.183 e. The van der Waals surface area contributed by atoms with E-state index in [9.17, 15) is 4.79 Å². The van der Waals surface area contributed by atoms with Crippen molar-refractivity contribution >= 4 is 21.7 Å². The first-order valence-corrected chi connectivity index (χ1v) is 5.99. The Bertz CT molecular complexity index is 366. The minimum absolute atomic E-state index is 0.0786. The summed E-state index contributed by atoms with van der Waals surface area (Å²) < 4.78 is 7.65. The van der Waals surface area contributed by atoms with Gasteiger partial charge >= 0.3 is 0 Å². The van der Waals surface area contributed by atoms with E-state index in [-0.39, 0.29) is 11.8 Å². The summed E-state index contributed by atoms with van der Waals surface area (Å²) in [4.78, 5) is 12.0. The molecule has 1 aliphatic heterocycles. The van der Waals surface area contributed by atoms with Gasteiger partial charge < -0.3 is 10.1 Å². The van der Waals surface area contributed by atoms with Crippen LogP contribution >= 0.6 is 15.9 Å². The van der Waals surface area contributed by atoms with Crippen LogP contribution in [0.2, 0.25) is 0 Å². The number of rotatable bonds is 3. The first-order valence-electron chi connectivity index (χ1n) is 5.20. The van der Waals surface area contributed by atoms with E-state index in [4.69, 9.17) is 4.74 Å². The Labute approximate surface area is 102 Å². The van der Waals surface area contributed by atoms with Gasteiger partial charge in [-0.05, 0) is 15.9 Å². The highest BCUT2D eigenvalue weighted by Gasteiger charge is 2.21. The lowest BCUT2D eigenvalue weighted by atomic mass is 10.1. The summed E-state index contributed by atoms with van der Waals surface area (Å²) in [6, 6.07) is 0.114. The van der Waals surface area contributed by atoms with Crippen molar-refractivity contribution in [1.29, 1.82) is 0 Å². The average Bonchev–Trinajstić information content (AvgIpc) is 2.60. The molecule has 1 aromatic rings. The zero-order valence-corrected chi connectivity index (χ0v) is 10.7. The SMILES string of the molecule is Cn1ncc(Br)c1C(=O)CC1COCCN1. The third-order valence-electron chi connectivity index (χ3n) is 2.59. The van der Waals surface area contributed by atoms with Crippen molar-refractivity contribution in [2.45, 2.75) is 12.5 Å². The van der Waals surface area contributed by atoms with E-state index in [1.165, 1.54) is 0 Å². The predicted molar refractivity (Wildman–Crippen MR) is 62.5 cm³/mol. The van der Waals surface area contributed by atoms with Crippen molar-refractivity contribution in [2.24, 2.45) is 7.05 Å². The molecule has 88 valence electrons. The van der Waals surface area contributed by atoms with Gasteiger partial charge in [-0.1, -0.05) is 0 Å². The summed E-state index contributed by atoms with van der Waals surface area (Å²) in [5.41, 5.74) is 0.618. The Morgan fingerprint density at radius 2 is 2.62 bits per heavy atom. The van der Waals surface area contributed by atoms with Crippen molar-refractivity contribution in [3.63, 3.8) is 0 Å². The molecule has 5 nitrogen and oxygen atoms in total. The van der Waals surface area contributed by atoms with Crippen LogP contribution in [0.15, 0.2) is 10.7 Å². The van der Waals surface area contributed by atoms with Crippen LogP contribution in [0.25, 0.3) is 0 Å². The lowest BCUT2D eigenvalue weighted by Gasteiger charge is -2.23. The Morgan fingerprint density at radius 1 is 1.81 bits per heavy atom. The Balaban J connectivity index is 2.02. The molecule has 0 aliphatic carbocycles. The fraction of sp³-hybridized carbons (Fsp3) is 0.600. The van der Waals surface area contributed by atoms with Crippen molar-refractivity contribution in [1.82, 2.24) is 15.1 Å². The largest absolute Gasteiger partial charge is 0.378 e. The monoisotopic (exact) mass is 287 g/mol. The molecule has 1 atom stereocenters. The Morgan fingerprint density at radius 3 is 3.19 bits per heavy atom. The second kappa shape index (κ2) is 5.07. The number of hydrogen-bond acceptors (Lipinski definition) is 4. The molecule has 0 spiro atoms. The molecule has 16 heavy (non-hydrogen) atoms. The van der Waals surface area contributed by atoms with Crippen LogP contribution in [0.5, 0.6) is 0 Å². The second-order valence-electron chi connectivity index (χ2n) is 3.82. The molecule has 1 N–H and O–H groups in total. The minimum atomic E-state index is 0.0786. The lowest BCUT2D eigenvalue weighted by Crippen LogP contribution is -2.42. The number of Topliss-reactive ketones (excluding diaryl/α,β-unsaturated/α-hetero) is 1. The van der Waals surface area contributed by atoms with Crippen LogP contribution in [-0.4, -0.2) is 41.4 Å². The summed E-state index contributed by atoms with van der Waals surface area (Å²) in [5.74, 6) is 0.0786. The van der Waals surface area contributed by atoms with Crippen LogP contribution in [-0.2, 0) is 11.8 Å². The molecule has 0 aromatic carbocycles. The molecule has 1 unspecified atom stereocenters. The standard InChI is InChI=1S/C10H14BrN3O2/c1-14-10(8(11)5-13-14)9(15)4-7-6-16-3-2-12-7/h5,7,12H,2-4,6H2,1H3. The fourth-order valence-corrected chi connectivity index (χ4v) is 2.37. The topological polar surface area (TPSA) is 56.2 Å². The molecule has 0 saturated carbocycles. The zero-order chi connectivity index (χ0) is 11.5. The highest BCUT2D eigenvalue weighted by atomic mass is 79.9. The zero-order valence-electron chi connectivity index (χ0n) is 9.07. The molecule has 2 heterocycles. The van der Waals surface area contributed by atoms with Gasteiger partial charge in [-0.2, -0.15) is 5.10 Å². The van der Waals surface area contributed by atoms with Gasteiger partial charge in [0.2, 0.25) is 0 Å². The van der Waals surface area contributed by atoms with Crippen LogP contribution in [0.1, 0.15) is 16.9 Å². The molecule has 0 radical (unpaired) electrons. The van der Waals surface area contributed by atoms with Gasteiger partial charge in [-0.15, -0.1) is 0 Å². The number of hydrogen-bond donors (Lipinski definition) is 1. The number of nitrogens with one attached hydrogen (secondary N) is 1. The van der Waals surface area contributed by atoms with Gasteiger partial charge in [0.1, 0.15) is 5.69 Å². The van der Waals surface area contributed by atoms with Crippen molar-refractivity contribution in [3.8, 4) is 0 Å². The molecule has 2 rings (SSSR count). The Hall–Kier alpha value is -0.720. The van der Waals surface area contributed by atoms with E-state index in [1.54, 1.807) is 17.9 Å². The third-order valence-corrected chi connectivity index (χ3v) is 3.17. The van der Waals surface area contributed by atoms with Gasteiger partial charge in [0.15, 0.2) is 5.78 Å². The van der Waals surface area contributed by atoms with E-state index in [2.05, 4.69) is 26.3 Å². The third kappa shape index (κ3) is 2.50. The molecular weight excluding hydrogens is 274 g/mol. The van der Waals surface area contributed by atoms with Crippen molar-refractivity contribution in [3.05, 3.63) is 16.4 Å². The normalized spacial score (nSPS) is 21.0. The maximum atomic E-state index is 12.0. The van der Waals surface area contributed by atoms with Crippen LogP contribution < -0.4 is 5.32 Å². The first-order chi connectivity index (χ1) is 7.68. The van der Waals surface area contributed by atoms with Crippen molar-refractivity contribution < 1.29 is 9.53 Å². The second-order valence-corrected chi connectivity index (χ2v) is 4.67. The number of carbonyl (C=O) groups is 1. The number of morpholine rings is 1. The predicted octanol–water partition coefficient (Wildman–Crippen LogP) is 0.744. The summed E-state index contributed by atoms with van der Waals surface area (Å²) in [5, 5.41) is 7.29. The average molecular weight is 288 g/mol. The van der Waals surface area contributed by atoms with E-state index in [0.717, 1.165) is 17.6 Å². The number of carbonyl (C=O) groups excluding carboxylic acids is 1. The molecular formula is C10H14BrN3O2. The van der Waals surface area contributed by atoms with E-state index < -0.39 is 0 Å². The maximum Gasteiger partial charge on any atom is 0.183 e. The van der Waals surface area contributed by atoms with Crippen LogP contribution in [0, 0.1) is 0 Å². The number of ether oxygens (including phenoxy) is 1. The van der Waals surface area contributed by atoms with Crippen LogP contribution in [0.3, 0.4) is 0 Å². The van der Waals surface area contributed by atoms with E-state index >= 15 is 0 Å². The highest BCUT2D eigenvalue weighted by Crippen LogP contribution is 2.17. The number of nitrogens with zero attached hydrogens (tertiary/aromatic N) is 2. The molecule has 1 aromatic heterocycles. The molecule has 0 amide bonds. The van der Waals surface area contributed by atoms with Gasteiger partial charge in [0.05, 0.1) is 23.9 Å². The van der Waals surface area contributed by atoms with Gasteiger partial charge in [-0.25, -0.2) is 0 Å². The number of halogens is 1. The summed E-state index contributed by atoms with van der Waals surface area (Å²) >= 11 is 3.33. The van der Waals surface area contributed by atoms with E-state index in [1.807, 2.05) is 0 Å². The molecule has 1 aliphatic rings. The summed E-state index contributed by atoms with van der Waals surface area (Å²) in [6.07, 6.45) is 2.08. The molecule has 1 saturated heterocycles. The number of aryl methyl sites for hydroxylation is 1. The number of ketones is 1. The first kappa shape index (κ1) is 11.8. The fourth-order valence-electron chi connectivity index (χ4n) is 1.80.